The van der Waals surface area contributed by atoms with Crippen molar-refractivity contribution in [2.75, 3.05) is 13.1 Å². The van der Waals surface area contributed by atoms with Crippen LogP contribution in [0.1, 0.15) is 55.1 Å². The number of aromatic nitrogens is 1. The number of pyridine rings is 1. The summed E-state index contributed by atoms with van der Waals surface area (Å²) in [4.78, 5) is 31.4. The van der Waals surface area contributed by atoms with Gasteiger partial charge in [-0.15, -0.1) is 0 Å². The third kappa shape index (κ3) is 2.97. The lowest BCUT2D eigenvalue weighted by Crippen LogP contribution is -2.40. The lowest BCUT2D eigenvalue weighted by molar-refractivity contribution is -0.150. The number of likely N-dealkylation sites (tertiary alicyclic amines) is 1. The molecule has 6 heteroatoms. The minimum absolute atomic E-state index is 0.0820. The van der Waals surface area contributed by atoms with Gasteiger partial charge in [0.2, 0.25) is 0 Å². The molecule has 1 aromatic heterocycles. The molecule has 142 valence electrons. The van der Waals surface area contributed by atoms with E-state index in [9.17, 15) is 19.1 Å². The molecule has 1 aliphatic heterocycles. The van der Waals surface area contributed by atoms with Crippen LogP contribution in [0.4, 0.5) is 4.39 Å². The largest absolute Gasteiger partial charge is 0.481 e. The average Bonchev–Trinajstić information content (AvgIpc) is 3.37. The van der Waals surface area contributed by atoms with Crippen LogP contribution >= 0.6 is 0 Å². The van der Waals surface area contributed by atoms with Gasteiger partial charge in [0.25, 0.3) is 5.91 Å². The molecule has 0 spiro atoms. The van der Waals surface area contributed by atoms with Gasteiger partial charge in [-0.25, -0.2) is 4.39 Å². The number of carboxylic acids is 1. The summed E-state index contributed by atoms with van der Waals surface area (Å²) in [6.45, 7) is 4.33. The van der Waals surface area contributed by atoms with Crippen LogP contribution in [-0.2, 0) is 4.79 Å². The fourth-order valence-corrected chi connectivity index (χ4v) is 4.05. The van der Waals surface area contributed by atoms with Crippen molar-refractivity contribution in [1.82, 2.24) is 9.88 Å². The van der Waals surface area contributed by atoms with Crippen LogP contribution in [0.3, 0.4) is 0 Å². The van der Waals surface area contributed by atoms with Crippen molar-refractivity contribution in [1.29, 1.82) is 0 Å². The van der Waals surface area contributed by atoms with Crippen molar-refractivity contribution >= 4 is 22.8 Å². The number of rotatable bonds is 4. The number of carbonyl (C=O) groups is 2. The van der Waals surface area contributed by atoms with Gasteiger partial charge in [0.15, 0.2) is 0 Å². The van der Waals surface area contributed by atoms with Gasteiger partial charge in [-0.1, -0.05) is 13.8 Å². The van der Waals surface area contributed by atoms with Crippen molar-refractivity contribution in [3.05, 3.63) is 41.3 Å². The fourth-order valence-electron chi connectivity index (χ4n) is 4.05. The first-order valence-electron chi connectivity index (χ1n) is 9.45. The molecule has 1 saturated carbocycles. The zero-order valence-electron chi connectivity index (χ0n) is 15.5. The van der Waals surface area contributed by atoms with Gasteiger partial charge in [0.1, 0.15) is 5.82 Å². The van der Waals surface area contributed by atoms with Gasteiger partial charge in [-0.3, -0.25) is 14.6 Å². The third-order valence-electron chi connectivity index (χ3n) is 6.14. The molecule has 1 unspecified atom stereocenters. The van der Waals surface area contributed by atoms with E-state index in [1.54, 1.807) is 17.0 Å². The van der Waals surface area contributed by atoms with E-state index in [-0.39, 0.29) is 18.4 Å². The molecule has 5 nitrogen and oxygen atoms in total. The summed E-state index contributed by atoms with van der Waals surface area (Å²) in [7, 11) is 0. The Morgan fingerprint density at radius 2 is 2.04 bits per heavy atom. The topological polar surface area (TPSA) is 70.5 Å². The molecule has 1 atom stereocenters. The van der Waals surface area contributed by atoms with Gasteiger partial charge in [-0.2, -0.15) is 0 Å². The van der Waals surface area contributed by atoms with Crippen LogP contribution in [0, 0.1) is 17.2 Å². The van der Waals surface area contributed by atoms with Crippen LogP contribution in [0.5, 0.6) is 0 Å². The number of carbonyl (C=O) groups excluding carboxylic acids is 1. The zero-order chi connectivity index (χ0) is 19.3. The van der Waals surface area contributed by atoms with E-state index in [2.05, 4.69) is 4.98 Å². The van der Waals surface area contributed by atoms with Crippen LogP contribution in [0.2, 0.25) is 0 Å². The third-order valence-corrected chi connectivity index (χ3v) is 6.14. The molecule has 4 rings (SSSR count). The standard InChI is InChI=1S/C21H23FN2O3/c1-12(2)21(20(26)27)7-8-24(11-21)19(25)16-10-18(13-3-4-13)23-17-6-5-14(22)9-15(16)17/h5-6,9-10,12-13H,3-4,7-8,11H2,1-2H3,(H,26,27). The Kier molecular flexibility index (Phi) is 4.17. The molecule has 27 heavy (non-hydrogen) atoms. The number of hydrogen-bond donors (Lipinski definition) is 1. The molecule has 2 heterocycles. The minimum atomic E-state index is -0.928. The first-order valence-corrected chi connectivity index (χ1v) is 9.45. The minimum Gasteiger partial charge on any atom is -0.481 e. The highest BCUT2D eigenvalue weighted by Gasteiger charge is 2.48. The molecular weight excluding hydrogens is 347 g/mol. The number of halogens is 1. The quantitative estimate of drug-likeness (QED) is 0.888. The smallest absolute Gasteiger partial charge is 0.311 e. The Balaban J connectivity index is 1.74. The van der Waals surface area contributed by atoms with Crippen molar-refractivity contribution in [2.24, 2.45) is 11.3 Å². The molecule has 1 N–H and O–H groups in total. The van der Waals surface area contributed by atoms with E-state index in [1.807, 2.05) is 13.8 Å². The molecule has 0 radical (unpaired) electrons. The van der Waals surface area contributed by atoms with E-state index in [4.69, 9.17) is 0 Å². The maximum absolute atomic E-state index is 13.8. The fraction of sp³-hybridized carbons (Fsp3) is 0.476. The van der Waals surface area contributed by atoms with Crippen molar-refractivity contribution in [2.45, 2.75) is 39.0 Å². The molecule has 1 saturated heterocycles. The Morgan fingerprint density at radius 3 is 2.63 bits per heavy atom. The second-order valence-electron chi connectivity index (χ2n) is 8.12. The van der Waals surface area contributed by atoms with Crippen LogP contribution in [0.15, 0.2) is 24.3 Å². The number of amides is 1. The van der Waals surface area contributed by atoms with Gasteiger partial charge in [-0.05, 0) is 49.4 Å². The lowest BCUT2D eigenvalue weighted by atomic mass is 9.76. The Hall–Kier alpha value is -2.50. The van der Waals surface area contributed by atoms with Gasteiger partial charge >= 0.3 is 5.97 Å². The number of carboxylic acid groups (broad SMARTS) is 1. The SMILES string of the molecule is CC(C)C1(C(=O)O)CCN(C(=O)c2cc(C3CC3)nc3ccc(F)cc23)C1. The number of nitrogens with zero attached hydrogens (tertiary/aromatic N) is 2. The van der Waals surface area contributed by atoms with Crippen LogP contribution < -0.4 is 0 Å². The highest BCUT2D eigenvalue weighted by molar-refractivity contribution is 6.06. The molecule has 2 fully saturated rings. The van der Waals surface area contributed by atoms with Gasteiger partial charge < -0.3 is 10.0 Å². The summed E-state index contributed by atoms with van der Waals surface area (Å²) in [5.74, 6) is -1.24. The van der Waals surface area contributed by atoms with Crippen molar-refractivity contribution in [3.63, 3.8) is 0 Å². The number of aliphatic carboxylic acids is 1. The Bertz CT molecular complexity index is 938. The van der Waals surface area contributed by atoms with E-state index >= 15 is 0 Å². The summed E-state index contributed by atoms with van der Waals surface area (Å²) in [6, 6.07) is 6.07. The summed E-state index contributed by atoms with van der Waals surface area (Å²) >= 11 is 0. The Morgan fingerprint density at radius 1 is 1.30 bits per heavy atom. The lowest BCUT2D eigenvalue weighted by Gasteiger charge is -2.28. The summed E-state index contributed by atoms with van der Waals surface area (Å²) in [5, 5.41) is 10.2. The maximum Gasteiger partial charge on any atom is 0.311 e. The Labute approximate surface area is 157 Å². The molecule has 1 aromatic carbocycles. The first-order chi connectivity index (χ1) is 12.8. The van der Waals surface area contributed by atoms with E-state index in [0.717, 1.165) is 18.5 Å². The van der Waals surface area contributed by atoms with Crippen LogP contribution in [-0.4, -0.2) is 40.0 Å². The van der Waals surface area contributed by atoms with Crippen LogP contribution in [0.25, 0.3) is 10.9 Å². The second kappa shape index (κ2) is 6.29. The summed E-state index contributed by atoms with van der Waals surface area (Å²) in [5.41, 5.74) is 0.969. The summed E-state index contributed by atoms with van der Waals surface area (Å²) in [6.07, 6.45) is 2.53. The molecule has 2 aliphatic rings. The highest BCUT2D eigenvalue weighted by atomic mass is 19.1. The number of hydrogen-bond acceptors (Lipinski definition) is 3. The van der Waals surface area contributed by atoms with E-state index < -0.39 is 17.2 Å². The van der Waals surface area contributed by atoms with E-state index in [0.29, 0.717) is 35.3 Å². The molecular formula is C21H23FN2O3. The van der Waals surface area contributed by atoms with Crippen molar-refractivity contribution in [3.8, 4) is 0 Å². The maximum atomic E-state index is 13.8. The average molecular weight is 370 g/mol. The van der Waals surface area contributed by atoms with Crippen molar-refractivity contribution < 1.29 is 19.1 Å². The monoisotopic (exact) mass is 370 g/mol. The zero-order valence-corrected chi connectivity index (χ0v) is 15.5. The first kappa shape index (κ1) is 17.9. The molecule has 2 aromatic rings. The molecule has 0 bridgehead atoms. The summed E-state index contributed by atoms with van der Waals surface area (Å²) < 4.78 is 13.8. The van der Waals surface area contributed by atoms with Gasteiger partial charge in [0, 0.05) is 30.1 Å². The predicted molar refractivity (Wildman–Crippen MR) is 99.1 cm³/mol. The van der Waals surface area contributed by atoms with Gasteiger partial charge in [0.05, 0.1) is 16.5 Å². The second-order valence-corrected chi connectivity index (χ2v) is 8.12. The predicted octanol–water partition coefficient (Wildman–Crippen LogP) is 3.82. The normalized spacial score (nSPS) is 22.6. The highest BCUT2D eigenvalue weighted by Crippen LogP contribution is 2.42. The van der Waals surface area contributed by atoms with E-state index in [1.165, 1.54) is 12.1 Å². The molecule has 1 amide bonds. The number of fused-ring (bicyclic) bond motifs is 1. The molecule has 1 aliphatic carbocycles. The number of benzene rings is 1.